The molecule has 5 rings (SSSR count). The van der Waals surface area contributed by atoms with Crippen LogP contribution in [0.5, 0.6) is 0 Å². The van der Waals surface area contributed by atoms with E-state index in [1.54, 1.807) is 36.4 Å². The second kappa shape index (κ2) is 10.8. The minimum atomic E-state index is -1.34. The van der Waals surface area contributed by atoms with Crippen LogP contribution in [-0.2, 0) is 0 Å². The average molecular weight is 588 g/mol. The molecule has 3 aromatic rings. The monoisotopic (exact) mass is 588 g/mol. The number of aromatic nitrogens is 4. The van der Waals surface area contributed by atoms with Gasteiger partial charge in [0.2, 0.25) is 23.5 Å². The topological polar surface area (TPSA) is 242 Å². The fraction of sp³-hybridized carbons (Fsp3) is 0. The van der Waals surface area contributed by atoms with Crippen LogP contribution in [0.1, 0.15) is 45.0 Å². The second-order valence-electron chi connectivity index (χ2n) is 8.73. The van der Waals surface area contributed by atoms with Gasteiger partial charge >= 0.3 is 0 Å². The lowest BCUT2D eigenvalue weighted by molar-refractivity contribution is 0.573. The normalized spacial score (nSPS) is 12.3. The van der Waals surface area contributed by atoms with Crippen LogP contribution in [-0.4, -0.2) is 19.9 Å². The van der Waals surface area contributed by atoms with Gasteiger partial charge in [-0.15, -0.1) is 0 Å². The van der Waals surface area contributed by atoms with Crippen molar-refractivity contribution in [2.45, 2.75) is 0 Å². The minimum absolute atomic E-state index is 0.333. The van der Waals surface area contributed by atoms with Gasteiger partial charge in [0.25, 0.3) is 0 Å². The summed E-state index contributed by atoms with van der Waals surface area (Å²) in [6.45, 7) is 0. The van der Waals surface area contributed by atoms with Crippen LogP contribution in [0, 0.1) is 108 Å². The molecule has 0 unspecified atom stereocenters. The van der Waals surface area contributed by atoms with E-state index < -0.39 is 96.2 Å². The predicted octanol–water partition coefficient (Wildman–Crippen LogP) is 3.92. The molecular weight excluding hydrogens is 585 g/mol. The molecule has 0 saturated heterocycles. The standard InChI is InChI=1S/C30H3F3N12/c31-28-26-15(22(12(2-34)3-35)25(17(26)7-39)19-11-43-21(9-41)45-30(19)33)1-14-16(6-38)24(23(27(14)28)13(4-36)5-37)18-10-42-20(8-40)44-29(18)32/h1,10-11H. The number of fused-ring (bicyclic) bond motifs is 2. The summed E-state index contributed by atoms with van der Waals surface area (Å²) in [6.07, 6.45) is 1.61. The van der Waals surface area contributed by atoms with Gasteiger partial charge in [-0.3, -0.25) is 0 Å². The Morgan fingerprint density at radius 3 is 1.42 bits per heavy atom. The fourth-order valence-electron chi connectivity index (χ4n) is 5.02. The Kier molecular flexibility index (Phi) is 6.85. The van der Waals surface area contributed by atoms with Gasteiger partial charge in [-0.25, -0.2) is 14.4 Å². The van der Waals surface area contributed by atoms with E-state index >= 15 is 13.2 Å². The van der Waals surface area contributed by atoms with Gasteiger partial charge in [-0.2, -0.15) is 60.8 Å². The predicted molar refractivity (Wildman–Crippen MR) is 141 cm³/mol. The summed E-state index contributed by atoms with van der Waals surface area (Å²) in [5, 5.41) is 77.5. The zero-order valence-corrected chi connectivity index (χ0v) is 21.7. The van der Waals surface area contributed by atoms with Crippen LogP contribution >= 0.6 is 0 Å². The van der Waals surface area contributed by atoms with Gasteiger partial charge in [0.15, 0.2) is 0 Å². The van der Waals surface area contributed by atoms with E-state index in [9.17, 15) is 31.6 Å². The molecule has 2 aliphatic carbocycles. The first-order valence-electron chi connectivity index (χ1n) is 11.9. The Bertz CT molecular complexity index is 2410. The van der Waals surface area contributed by atoms with E-state index in [1.807, 2.05) is 0 Å². The van der Waals surface area contributed by atoms with E-state index in [2.05, 4.69) is 19.9 Å². The highest BCUT2D eigenvalue weighted by Crippen LogP contribution is 2.55. The Balaban J connectivity index is 1.98. The summed E-state index contributed by atoms with van der Waals surface area (Å²) in [7, 11) is 0. The van der Waals surface area contributed by atoms with Crippen LogP contribution in [0.4, 0.5) is 13.2 Å². The van der Waals surface area contributed by atoms with Gasteiger partial charge in [0, 0.05) is 51.4 Å². The maximum Gasteiger partial charge on any atom is 0.234 e. The van der Waals surface area contributed by atoms with Crippen LogP contribution < -0.4 is 0 Å². The zero-order chi connectivity index (χ0) is 32.6. The zero-order valence-electron chi connectivity index (χ0n) is 21.7. The molecule has 0 saturated carbocycles. The lowest BCUT2D eigenvalue weighted by Crippen LogP contribution is -2.02. The number of rotatable bonds is 2. The van der Waals surface area contributed by atoms with Crippen molar-refractivity contribution in [3.8, 4) is 48.6 Å². The van der Waals surface area contributed by atoms with Crippen molar-refractivity contribution < 1.29 is 13.2 Å². The molecule has 2 aliphatic rings. The maximum atomic E-state index is 16.9. The molecule has 2 heterocycles. The molecule has 204 valence electrons. The SMILES string of the molecule is N#CC(C#N)=C1C(c2cnc(C#N)nc2F)=C(C#N)c2c1cc1c(c2F)C(=C(C#N)C#N)C(c2cnc(C#N)nc2F)=C1C#N. The smallest absolute Gasteiger partial charge is 0.227 e. The highest BCUT2D eigenvalue weighted by atomic mass is 19.1. The molecule has 1 aromatic carbocycles. The number of benzene rings is 1. The van der Waals surface area contributed by atoms with E-state index in [-0.39, 0.29) is 11.1 Å². The van der Waals surface area contributed by atoms with E-state index in [0.717, 1.165) is 18.5 Å². The Labute approximate surface area is 249 Å². The summed E-state index contributed by atoms with van der Waals surface area (Å²) < 4.78 is 47.2. The van der Waals surface area contributed by atoms with Crippen molar-refractivity contribution in [1.29, 1.82) is 42.1 Å². The van der Waals surface area contributed by atoms with Gasteiger partial charge in [-0.1, -0.05) is 0 Å². The highest BCUT2D eigenvalue weighted by Gasteiger charge is 2.42. The quantitative estimate of drug-likeness (QED) is 0.305. The third-order valence-corrected chi connectivity index (χ3v) is 6.70. The van der Waals surface area contributed by atoms with E-state index in [4.69, 9.17) is 10.5 Å². The largest absolute Gasteiger partial charge is 0.234 e. The van der Waals surface area contributed by atoms with Crippen molar-refractivity contribution in [3.63, 3.8) is 0 Å². The van der Waals surface area contributed by atoms with Gasteiger partial charge in [0.1, 0.15) is 65.5 Å². The Hall–Kier alpha value is -7.95. The number of nitrogens with zero attached hydrogens (tertiary/aromatic N) is 12. The van der Waals surface area contributed by atoms with E-state index in [0.29, 0.717) is 0 Å². The van der Waals surface area contributed by atoms with Gasteiger partial charge < -0.3 is 0 Å². The van der Waals surface area contributed by atoms with Crippen LogP contribution in [0.15, 0.2) is 29.6 Å². The maximum absolute atomic E-state index is 16.9. The molecular formula is C30H3F3N12. The van der Waals surface area contributed by atoms with Crippen LogP contribution in [0.2, 0.25) is 0 Å². The van der Waals surface area contributed by atoms with Crippen molar-refractivity contribution in [1.82, 2.24) is 19.9 Å². The summed E-state index contributed by atoms with van der Waals surface area (Å²) in [6, 6.07) is 14.0. The van der Waals surface area contributed by atoms with E-state index in [1.165, 1.54) is 12.1 Å². The van der Waals surface area contributed by atoms with Crippen molar-refractivity contribution in [2.75, 3.05) is 0 Å². The molecule has 0 fully saturated rings. The number of nitriles is 8. The average Bonchev–Trinajstić information content (AvgIpc) is 3.55. The molecule has 0 aliphatic heterocycles. The lowest BCUT2D eigenvalue weighted by atomic mass is 9.90. The Morgan fingerprint density at radius 1 is 0.533 bits per heavy atom. The molecule has 0 radical (unpaired) electrons. The summed E-state index contributed by atoms with van der Waals surface area (Å²) in [5.74, 6) is -5.20. The van der Waals surface area contributed by atoms with Crippen molar-refractivity contribution >= 4 is 33.4 Å². The molecule has 45 heavy (non-hydrogen) atoms. The van der Waals surface area contributed by atoms with Crippen LogP contribution in [0.3, 0.4) is 0 Å². The molecule has 0 bridgehead atoms. The minimum Gasteiger partial charge on any atom is -0.227 e. The van der Waals surface area contributed by atoms with Gasteiger partial charge in [0.05, 0.1) is 22.3 Å². The van der Waals surface area contributed by atoms with Crippen molar-refractivity contribution in [3.05, 3.63) is 92.3 Å². The summed E-state index contributed by atoms with van der Waals surface area (Å²) >= 11 is 0. The van der Waals surface area contributed by atoms with Gasteiger partial charge in [-0.05, 0) is 11.6 Å². The first-order valence-corrected chi connectivity index (χ1v) is 11.9. The highest BCUT2D eigenvalue weighted by molar-refractivity contribution is 6.30. The number of hydrogen-bond acceptors (Lipinski definition) is 12. The number of hydrogen-bond donors (Lipinski definition) is 0. The first kappa shape index (κ1) is 28.6. The molecule has 12 nitrogen and oxygen atoms in total. The molecule has 0 N–H and O–H groups in total. The third kappa shape index (κ3) is 4.01. The number of allylic oxidation sites excluding steroid dienone is 8. The lowest BCUT2D eigenvalue weighted by Gasteiger charge is -2.12. The molecule has 15 heteroatoms. The number of halogens is 3. The molecule has 0 spiro atoms. The molecule has 0 atom stereocenters. The fourth-order valence-corrected chi connectivity index (χ4v) is 5.02. The first-order chi connectivity index (χ1) is 21.7. The van der Waals surface area contributed by atoms with Crippen molar-refractivity contribution in [2.24, 2.45) is 0 Å². The second-order valence-corrected chi connectivity index (χ2v) is 8.73. The summed E-state index contributed by atoms with van der Waals surface area (Å²) in [5.41, 5.74) is -7.57. The summed E-state index contributed by atoms with van der Waals surface area (Å²) in [4.78, 5) is 14.1. The third-order valence-electron chi connectivity index (χ3n) is 6.70. The molecule has 2 aromatic heterocycles. The molecule has 0 amide bonds. The van der Waals surface area contributed by atoms with Crippen LogP contribution in [0.25, 0.3) is 33.4 Å². The Morgan fingerprint density at radius 2 is 1.00 bits per heavy atom.